The third-order valence-electron chi connectivity index (χ3n) is 3.40. The lowest BCUT2D eigenvalue weighted by atomic mass is 9.82. The molecule has 3 aliphatic rings. The Morgan fingerprint density at radius 3 is 2.00 bits per heavy atom. The summed E-state index contributed by atoms with van der Waals surface area (Å²) in [4.78, 5) is 14.0. The van der Waals surface area contributed by atoms with Crippen LogP contribution in [0.3, 0.4) is 0 Å². The van der Waals surface area contributed by atoms with Gasteiger partial charge in [0.1, 0.15) is 5.78 Å². The second kappa shape index (κ2) is 6.26. The molecular weight excluding hydrogens is 186 g/mol. The van der Waals surface area contributed by atoms with Crippen LogP contribution < -0.4 is 0 Å². The average Bonchev–Trinajstić information content (AvgIpc) is 2.14. The van der Waals surface area contributed by atoms with E-state index >= 15 is 0 Å². The van der Waals surface area contributed by atoms with Gasteiger partial charge in [-0.15, -0.1) is 0 Å². The molecule has 0 aromatic heterocycles. The van der Waals surface area contributed by atoms with Crippen molar-refractivity contribution >= 4 is 5.78 Å². The fourth-order valence-electron chi connectivity index (χ4n) is 2.89. The number of ketones is 1. The zero-order valence-electron chi connectivity index (χ0n) is 10.5. The van der Waals surface area contributed by atoms with Crippen LogP contribution in [0.2, 0.25) is 0 Å². The fraction of sp³-hybridized carbons (Fsp3) is 0.923. The predicted octanol–water partition coefficient (Wildman–Crippen LogP) is 2.72. The summed E-state index contributed by atoms with van der Waals surface area (Å²) in [6.07, 6.45) is 5.58. The summed E-state index contributed by atoms with van der Waals surface area (Å²) >= 11 is 0. The topological polar surface area (TPSA) is 20.3 Å². The molecule has 0 amide bonds. The van der Waals surface area contributed by atoms with Gasteiger partial charge in [0, 0.05) is 25.9 Å². The van der Waals surface area contributed by atoms with Gasteiger partial charge in [0.2, 0.25) is 0 Å². The largest absolute Gasteiger partial charge is 0.306 e. The lowest BCUT2D eigenvalue weighted by molar-refractivity contribution is -0.122. The highest BCUT2D eigenvalue weighted by atomic mass is 16.1. The van der Waals surface area contributed by atoms with Gasteiger partial charge >= 0.3 is 0 Å². The first-order chi connectivity index (χ1) is 7.24. The minimum absolute atomic E-state index is 0.516. The molecule has 2 heterocycles. The van der Waals surface area contributed by atoms with Gasteiger partial charge in [-0.3, -0.25) is 4.79 Å². The maximum atomic E-state index is 11.5. The van der Waals surface area contributed by atoms with E-state index < -0.39 is 0 Å². The Hall–Kier alpha value is -0.370. The molecule has 0 aromatic rings. The fourth-order valence-corrected chi connectivity index (χ4v) is 2.89. The van der Waals surface area contributed by atoms with Crippen LogP contribution in [0.25, 0.3) is 0 Å². The molecule has 2 saturated heterocycles. The molecule has 0 aromatic carbocycles. The number of nitrogens with zero attached hydrogens (tertiary/aromatic N) is 1. The van der Waals surface area contributed by atoms with E-state index in [9.17, 15) is 4.79 Å². The summed E-state index contributed by atoms with van der Waals surface area (Å²) < 4.78 is 0. The number of carbonyl (C=O) groups excluding carboxylic acids is 1. The maximum absolute atomic E-state index is 11.5. The summed E-state index contributed by atoms with van der Waals surface area (Å²) in [7, 11) is 2.20. The van der Waals surface area contributed by atoms with Crippen LogP contribution in [0.4, 0.5) is 0 Å². The summed E-state index contributed by atoms with van der Waals surface area (Å²) in [5.41, 5.74) is 0. The van der Waals surface area contributed by atoms with E-state index in [4.69, 9.17) is 0 Å². The number of hydrogen-bond acceptors (Lipinski definition) is 2. The molecular formula is C13H25NO. The molecule has 2 bridgehead atoms. The second-order valence-corrected chi connectivity index (χ2v) is 4.83. The molecule has 2 nitrogen and oxygen atoms in total. The van der Waals surface area contributed by atoms with E-state index in [-0.39, 0.29) is 0 Å². The van der Waals surface area contributed by atoms with Crippen molar-refractivity contribution in [2.75, 3.05) is 20.1 Å². The Balaban J connectivity index is 0.000000531. The number of Topliss-reactive ketones (excluding diaryl/α,β-unsaturated/α-hetero) is 1. The number of fused-ring (bicyclic) bond motifs is 6. The Morgan fingerprint density at radius 2 is 1.53 bits per heavy atom. The van der Waals surface area contributed by atoms with Crippen LogP contribution in [0, 0.1) is 11.8 Å². The molecule has 2 unspecified atom stereocenters. The first-order valence-corrected chi connectivity index (χ1v) is 6.44. The van der Waals surface area contributed by atoms with E-state index in [1.165, 1.54) is 19.3 Å². The zero-order chi connectivity index (χ0) is 11.3. The summed E-state index contributed by atoms with van der Waals surface area (Å²) in [6.45, 7) is 6.28. The van der Waals surface area contributed by atoms with Crippen molar-refractivity contribution in [1.29, 1.82) is 0 Å². The van der Waals surface area contributed by atoms with Crippen molar-refractivity contribution in [3.8, 4) is 0 Å². The van der Waals surface area contributed by atoms with Crippen molar-refractivity contribution in [3.05, 3.63) is 0 Å². The quantitative estimate of drug-likeness (QED) is 0.614. The molecule has 2 heteroatoms. The number of rotatable bonds is 0. The Labute approximate surface area is 94.0 Å². The van der Waals surface area contributed by atoms with Crippen molar-refractivity contribution in [3.63, 3.8) is 0 Å². The first-order valence-electron chi connectivity index (χ1n) is 6.44. The van der Waals surface area contributed by atoms with Crippen LogP contribution in [0.15, 0.2) is 0 Å². The average molecular weight is 211 g/mol. The number of carbonyl (C=O) groups is 1. The van der Waals surface area contributed by atoms with E-state index in [0.29, 0.717) is 17.6 Å². The second-order valence-electron chi connectivity index (χ2n) is 4.83. The molecule has 1 saturated carbocycles. The Morgan fingerprint density at radius 1 is 1.07 bits per heavy atom. The highest BCUT2D eigenvalue weighted by Crippen LogP contribution is 2.28. The lowest BCUT2D eigenvalue weighted by Crippen LogP contribution is -2.37. The maximum Gasteiger partial charge on any atom is 0.133 e. The van der Waals surface area contributed by atoms with Gasteiger partial charge in [-0.1, -0.05) is 20.3 Å². The minimum Gasteiger partial charge on any atom is -0.306 e. The van der Waals surface area contributed by atoms with Gasteiger partial charge in [0.05, 0.1) is 0 Å². The third-order valence-corrected chi connectivity index (χ3v) is 3.40. The van der Waals surface area contributed by atoms with E-state index in [2.05, 4.69) is 11.9 Å². The monoisotopic (exact) mass is 211 g/mol. The van der Waals surface area contributed by atoms with Crippen molar-refractivity contribution in [2.45, 2.75) is 46.0 Å². The van der Waals surface area contributed by atoms with Gasteiger partial charge in [-0.05, 0) is 31.7 Å². The zero-order valence-corrected chi connectivity index (χ0v) is 10.5. The van der Waals surface area contributed by atoms with Gasteiger partial charge in [0.25, 0.3) is 0 Å². The minimum atomic E-state index is 0.516. The van der Waals surface area contributed by atoms with E-state index in [1.54, 1.807) is 0 Å². The SMILES string of the molecule is CC.CN1CC2CCCC(CC(=O)C2)C1. The molecule has 2 aliphatic heterocycles. The standard InChI is InChI=1S/C11H19NO.C2H6/c1-12-7-9-3-2-4-10(8-12)6-11(13)5-9;1-2/h9-10H,2-8H2,1H3;1-2H3. The molecule has 0 spiro atoms. The molecule has 15 heavy (non-hydrogen) atoms. The molecule has 2 atom stereocenters. The molecule has 0 radical (unpaired) electrons. The highest BCUT2D eigenvalue weighted by molar-refractivity contribution is 5.79. The van der Waals surface area contributed by atoms with Gasteiger partial charge in [-0.2, -0.15) is 0 Å². The lowest BCUT2D eigenvalue weighted by Gasteiger charge is -2.34. The van der Waals surface area contributed by atoms with Gasteiger partial charge in [0.15, 0.2) is 0 Å². The van der Waals surface area contributed by atoms with Crippen molar-refractivity contribution in [1.82, 2.24) is 4.90 Å². The molecule has 88 valence electrons. The van der Waals surface area contributed by atoms with Crippen LogP contribution >= 0.6 is 0 Å². The third kappa shape index (κ3) is 3.94. The number of hydrogen-bond donors (Lipinski definition) is 0. The van der Waals surface area contributed by atoms with Gasteiger partial charge < -0.3 is 4.90 Å². The summed E-state index contributed by atoms with van der Waals surface area (Å²) in [5.74, 6) is 1.82. The molecule has 1 aliphatic carbocycles. The molecule has 0 N–H and O–H groups in total. The predicted molar refractivity (Wildman–Crippen MR) is 63.9 cm³/mol. The molecule has 3 rings (SSSR count). The van der Waals surface area contributed by atoms with Crippen LogP contribution in [0.1, 0.15) is 46.0 Å². The van der Waals surface area contributed by atoms with Crippen molar-refractivity contribution in [2.24, 2.45) is 11.8 Å². The normalized spacial score (nSPS) is 32.3. The Kier molecular flexibility index (Phi) is 5.30. The van der Waals surface area contributed by atoms with Crippen LogP contribution in [0.5, 0.6) is 0 Å². The Bertz CT molecular complexity index is 185. The van der Waals surface area contributed by atoms with Crippen molar-refractivity contribution < 1.29 is 4.79 Å². The molecule has 3 fully saturated rings. The van der Waals surface area contributed by atoms with Gasteiger partial charge in [-0.25, -0.2) is 0 Å². The van der Waals surface area contributed by atoms with Crippen LogP contribution in [-0.4, -0.2) is 30.8 Å². The van der Waals surface area contributed by atoms with E-state index in [1.807, 2.05) is 13.8 Å². The smallest absolute Gasteiger partial charge is 0.133 e. The first kappa shape index (κ1) is 12.7. The summed E-state index contributed by atoms with van der Waals surface area (Å²) in [6, 6.07) is 0. The van der Waals surface area contributed by atoms with Crippen LogP contribution in [-0.2, 0) is 4.79 Å². The highest BCUT2D eigenvalue weighted by Gasteiger charge is 2.27. The van der Waals surface area contributed by atoms with E-state index in [0.717, 1.165) is 25.9 Å². The summed E-state index contributed by atoms with van der Waals surface area (Å²) in [5, 5.41) is 0.